The summed E-state index contributed by atoms with van der Waals surface area (Å²) in [5.74, 6) is -0.398. The largest absolute Gasteiger partial charge is 0.468 e. The molecule has 0 bridgehead atoms. The van der Waals surface area contributed by atoms with E-state index in [4.69, 9.17) is 4.74 Å². The molecule has 2 rings (SSSR count). The molecule has 0 aliphatic carbocycles. The normalized spacial score (nSPS) is 12.4. The number of halogens is 2. The van der Waals surface area contributed by atoms with Crippen molar-refractivity contribution in [1.82, 2.24) is 5.32 Å². The molecule has 1 atom stereocenters. The minimum Gasteiger partial charge on any atom is -0.468 e. The van der Waals surface area contributed by atoms with Crippen LogP contribution >= 0.6 is 0 Å². The van der Waals surface area contributed by atoms with E-state index < -0.39 is 0 Å². The van der Waals surface area contributed by atoms with Crippen molar-refractivity contribution < 1.29 is 18.3 Å². The number of ether oxygens (including phenoxy) is 1. The van der Waals surface area contributed by atoms with E-state index in [-0.39, 0.29) is 29.6 Å². The van der Waals surface area contributed by atoms with Crippen LogP contribution in [0.2, 0.25) is 0 Å². The van der Waals surface area contributed by atoms with E-state index in [0.717, 1.165) is 24.0 Å². The molecule has 0 aliphatic heterocycles. The van der Waals surface area contributed by atoms with Crippen LogP contribution in [0, 0.1) is 17.6 Å². The Morgan fingerprint density at radius 2 is 1.46 bits per heavy atom. The number of nitrogens with one attached hydrogen (secondary N) is 1. The molecule has 3 nitrogen and oxygen atoms in total. The third-order valence-corrected chi connectivity index (χ3v) is 4.80. The van der Waals surface area contributed by atoms with Crippen molar-refractivity contribution in [3.05, 3.63) is 71.3 Å². The van der Waals surface area contributed by atoms with Gasteiger partial charge in [0.05, 0.1) is 7.11 Å². The quantitative estimate of drug-likeness (QED) is 0.456. The summed E-state index contributed by atoms with van der Waals surface area (Å²) in [7, 11) is 1.40. The molecule has 1 N–H and O–H groups in total. The maximum Gasteiger partial charge on any atom is 0.322 e. The van der Waals surface area contributed by atoms with Crippen LogP contribution in [0.5, 0.6) is 0 Å². The first-order valence-corrected chi connectivity index (χ1v) is 9.72. The minimum absolute atomic E-state index is 0.0321. The van der Waals surface area contributed by atoms with Crippen molar-refractivity contribution in [2.45, 2.75) is 45.1 Å². The van der Waals surface area contributed by atoms with Gasteiger partial charge in [0.15, 0.2) is 0 Å². The lowest BCUT2D eigenvalue weighted by atomic mass is 9.87. The minimum atomic E-state index is -0.319. The van der Waals surface area contributed by atoms with Crippen LogP contribution in [-0.4, -0.2) is 25.7 Å². The number of benzene rings is 2. The average Bonchev–Trinajstić information content (AvgIpc) is 2.68. The second kappa shape index (κ2) is 10.9. The Morgan fingerprint density at radius 3 is 1.89 bits per heavy atom. The fourth-order valence-electron chi connectivity index (χ4n) is 3.37. The molecule has 0 heterocycles. The number of hydrogen-bond acceptors (Lipinski definition) is 3. The van der Waals surface area contributed by atoms with Crippen LogP contribution in [0.3, 0.4) is 0 Å². The molecule has 5 heteroatoms. The Kier molecular flexibility index (Phi) is 8.58. The molecule has 2 aromatic carbocycles. The fourth-order valence-corrected chi connectivity index (χ4v) is 3.37. The van der Waals surface area contributed by atoms with Gasteiger partial charge in [0.25, 0.3) is 0 Å². The van der Waals surface area contributed by atoms with Gasteiger partial charge in [0.1, 0.15) is 17.7 Å². The molecule has 0 fully saturated rings. The lowest BCUT2D eigenvalue weighted by molar-refractivity contribution is -0.143. The zero-order valence-electron chi connectivity index (χ0n) is 16.8. The molecule has 0 unspecified atom stereocenters. The van der Waals surface area contributed by atoms with E-state index in [0.29, 0.717) is 18.9 Å². The summed E-state index contributed by atoms with van der Waals surface area (Å²) in [6.45, 7) is 4.79. The van der Waals surface area contributed by atoms with Crippen LogP contribution in [-0.2, 0) is 9.53 Å². The smallest absolute Gasteiger partial charge is 0.322 e. The molecule has 0 saturated carbocycles. The number of carbonyl (C=O) groups is 1. The molecule has 0 amide bonds. The Balaban J connectivity index is 2.03. The standard InChI is InChI=1S/C23H29F2NO2/c1-16(2)15-22(23(27)28-3)26-14-4-5-21(17-6-10-19(24)11-7-17)18-8-12-20(25)13-9-18/h6-13,16,21-22,26H,4-5,14-15H2,1-3H3/t22-/m0/s1. The Labute approximate surface area is 166 Å². The zero-order valence-corrected chi connectivity index (χ0v) is 16.8. The second-order valence-corrected chi connectivity index (χ2v) is 7.46. The summed E-state index contributed by atoms with van der Waals surface area (Å²) >= 11 is 0. The topological polar surface area (TPSA) is 38.3 Å². The Hall–Kier alpha value is -2.27. The summed E-state index contributed by atoms with van der Waals surface area (Å²) in [6.07, 6.45) is 2.32. The molecule has 28 heavy (non-hydrogen) atoms. The Bertz CT molecular complexity index is 684. The van der Waals surface area contributed by atoms with Crippen molar-refractivity contribution in [3.8, 4) is 0 Å². The first-order chi connectivity index (χ1) is 13.4. The third-order valence-electron chi connectivity index (χ3n) is 4.80. The van der Waals surface area contributed by atoms with Gasteiger partial charge < -0.3 is 10.1 Å². The van der Waals surface area contributed by atoms with Gasteiger partial charge >= 0.3 is 5.97 Å². The maximum absolute atomic E-state index is 13.3. The molecular weight excluding hydrogens is 360 g/mol. The second-order valence-electron chi connectivity index (χ2n) is 7.46. The Morgan fingerprint density at radius 1 is 0.964 bits per heavy atom. The van der Waals surface area contributed by atoms with E-state index in [2.05, 4.69) is 19.2 Å². The SMILES string of the molecule is COC(=O)[C@H](CC(C)C)NCCCC(c1ccc(F)cc1)c1ccc(F)cc1. The molecule has 0 saturated heterocycles. The number of methoxy groups -OCH3 is 1. The monoisotopic (exact) mass is 389 g/mol. The number of carbonyl (C=O) groups excluding carboxylic acids is 1. The van der Waals surface area contributed by atoms with Crippen LogP contribution in [0.1, 0.15) is 50.2 Å². The van der Waals surface area contributed by atoms with Gasteiger partial charge in [-0.05, 0) is 67.1 Å². The lowest BCUT2D eigenvalue weighted by Crippen LogP contribution is -2.39. The summed E-state index contributed by atoms with van der Waals surface area (Å²) in [5.41, 5.74) is 1.97. The van der Waals surface area contributed by atoms with Gasteiger partial charge in [-0.1, -0.05) is 38.1 Å². The predicted molar refractivity (Wildman–Crippen MR) is 107 cm³/mol. The highest BCUT2D eigenvalue weighted by atomic mass is 19.1. The summed E-state index contributed by atoms with van der Waals surface area (Å²) in [4.78, 5) is 11.9. The van der Waals surface area contributed by atoms with Crippen LogP contribution in [0.15, 0.2) is 48.5 Å². The molecule has 0 aliphatic rings. The highest BCUT2D eigenvalue weighted by Gasteiger charge is 2.20. The number of esters is 1. The summed E-state index contributed by atoms with van der Waals surface area (Å²) in [6, 6.07) is 12.5. The van der Waals surface area contributed by atoms with Crippen molar-refractivity contribution in [1.29, 1.82) is 0 Å². The number of rotatable bonds is 10. The highest BCUT2D eigenvalue weighted by molar-refractivity contribution is 5.75. The van der Waals surface area contributed by atoms with Gasteiger partial charge in [-0.25, -0.2) is 8.78 Å². The van der Waals surface area contributed by atoms with Gasteiger partial charge in [0, 0.05) is 5.92 Å². The lowest BCUT2D eigenvalue weighted by Gasteiger charge is -2.21. The summed E-state index contributed by atoms with van der Waals surface area (Å²) < 4.78 is 31.5. The van der Waals surface area contributed by atoms with Crippen LogP contribution < -0.4 is 5.32 Å². The predicted octanol–water partition coefficient (Wildman–Crippen LogP) is 5.05. The number of hydrogen-bond donors (Lipinski definition) is 1. The molecule has 2 aromatic rings. The van der Waals surface area contributed by atoms with E-state index in [1.54, 1.807) is 24.3 Å². The van der Waals surface area contributed by atoms with E-state index in [9.17, 15) is 13.6 Å². The van der Waals surface area contributed by atoms with Gasteiger partial charge in [-0.15, -0.1) is 0 Å². The maximum atomic E-state index is 13.3. The van der Waals surface area contributed by atoms with Gasteiger partial charge in [0.2, 0.25) is 0 Å². The van der Waals surface area contributed by atoms with Gasteiger partial charge in [-0.3, -0.25) is 4.79 Å². The first-order valence-electron chi connectivity index (χ1n) is 9.72. The van der Waals surface area contributed by atoms with Crippen LogP contribution in [0.4, 0.5) is 8.78 Å². The molecule has 0 aromatic heterocycles. The molecule has 0 radical (unpaired) electrons. The molecule has 0 spiro atoms. The van der Waals surface area contributed by atoms with E-state index >= 15 is 0 Å². The highest BCUT2D eigenvalue weighted by Crippen LogP contribution is 2.29. The van der Waals surface area contributed by atoms with Gasteiger partial charge in [-0.2, -0.15) is 0 Å². The van der Waals surface area contributed by atoms with Crippen molar-refractivity contribution in [2.24, 2.45) is 5.92 Å². The first kappa shape index (κ1) is 22.0. The molecule has 152 valence electrons. The van der Waals surface area contributed by atoms with Crippen molar-refractivity contribution in [3.63, 3.8) is 0 Å². The van der Waals surface area contributed by atoms with E-state index in [1.807, 2.05) is 0 Å². The van der Waals surface area contributed by atoms with Crippen molar-refractivity contribution in [2.75, 3.05) is 13.7 Å². The molecular formula is C23H29F2NO2. The van der Waals surface area contributed by atoms with E-state index in [1.165, 1.54) is 31.4 Å². The third kappa shape index (κ3) is 6.71. The zero-order chi connectivity index (χ0) is 20.5. The summed E-state index contributed by atoms with van der Waals surface area (Å²) in [5, 5.41) is 3.28. The fraction of sp³-hybridized carbons (Fsp3) is 0.435. The van der Waals surface area contributed by atoms with Crippen molar-refractivity contribution >= 4 is 5.97 Å². The average molecular weight is 389 g/mol. The van der Waals surface area contributed by atoms with Crippen LogP contribution in [0.25, 0.3) is 0 Å².